The van der Waals surface area contributed by atoms with Crippen LogP contribution in [0, 0.1) is 0 Å². The number of rotatable bonds is 6. The molecule has 0 aliphatic carbocycles. The van der Waals surface area contributed by atoms with E-state index in [1.54, 1.807) is 0 Å². The number of hydrogen-bond donors (Lipinski definition) is 0. The van der Waals surface area contributed by atoms with Crippen molar-refractivity contribution >= 4 is 47.7 Å². The van der Waals surface area contributed by atoms with E-state index in [9.17, 15) is 0 Å². The van der Waals surface area contributed by atoms with Crippen LogP contribution in [0.15, 0.2) is 182 Å². The van der Waals surface area contributed by atoms with E-state index in [4.69, 9.17) is 0 Å². The van der Waals surface area contributed by atoms with Crippen molar-refractivity contribution in [2.45, 2.75) is 0 Å². The van der Waals surface area contributed by atoms with E-state index >= 15 is 0 Å². The van der Waals surface area contributed by atoms with Crippen molar-refractivity contribution in [3.05, 3.63) is 182 Å². The van der Waals surface area contributed by atoms with Gasteiger partial charge in [0.05, 0.1) is 0 Å². The van der Waals surface area contributed by atoms with Crippen molar-refractivity contribution < 1.29 is 32.8 Å². The van der Waals surface area contributed by atoms with Crippen LogP contribution in [0.4, 0.5) is 0 Å². The van der Waals surface area contributed by atoms with Gasteiger partial charge in [-0.25, -0.2) is 0 Å². The molecule has 0 heterocycles. The van der Waals surface area contributed by atoms with E-state index in [-0.39, 0.29) is 32.8 Å². The predicted molar refractivity (Wildman–Crippen MR) is 170 cm³/mol. The maximum atomic E-state index is 2.23. The molecule has 200 valence electrons. The summed E-state index contributed by atoms with van der Waals surface area (Å²) in [5.41, 5.74) is 0. The summed E-state index contributed by atoms with van der Waals surface area (Å²) in [6.07, 6.45) is 0. The second-order valence-corrected chi connectivity index (χ2v) is 13.1. The molecule has 40 heavy (non-hydrogen) atoms. The average Bonchev–Trinajstić information content (AvgIpc) is 3.01. The van der Waals surface area contributed by atoms with Crippen LogP contribution >= 0.6 is 15.8 Å². The molecule has 0 saturated heterocycles. The zero-order valence-electron chi connectivity index (χ0n) is 21.9. The zero-order chi connectivity index (χ0) is 25.8. The third-order valence-electron chi connectivity index (χ3n) is 6.09. The first-order chi connectivity index (χ1) is 18.9. The molecule has 0 N–H and O–H groups in total. The molecule has 0 bridgehead atoms. The average molecular weight is 666 g/mol. The van der Waals surface area contributed by atoms with Gasteiger partial charge in [-0.3, -0.25) is 0 Å². The SMILES string of the molecule is [Cl-].[Pd+2].c1ccc(P(c2ccccc2)c2ccccc2)cc1.c1ccc(P(c2ccccc2)c2ccccc2)cc1. The van der Waals surface area contributed by atoms with Crippen molar-refractivity contribution in [1.82, 2.24) is 0 Å². The summed E-state index contributed by atoms with van der Waals surface area (Å²) in [7, 11) is -0.892. The molecular weight excluding hydrogens is 636 g/mol. The van der Waals surface area contributed by atoms with Crippen molar-refractivity contribution in [3.8, 4) is 0 Å². The Balaban J connectivity index is 0.000000210. The van der Waals surface area contributed by atoms with Gasteiger partial charge in [-0.05, 0) is 47.7 Å². The minimum Gasteiger partial charge on any atom is -1.00 e. The minimum atomic E-state index is -0.446. The Morgan fingerprint density at radius 3 is 0.475 bits per heavy atom. The molecule has 0 aromatic heterocycles. The van der Waals surface area contributed by atoms with Gasteiger partial charge in [0, 0.05) is 0 Å². The molecule has 0 fully saturated rings. The Labute approximate surface area is 261 Å². The van der Waals surface area contributed by atoms with E-state index in [1.807, 2.05) is 0 Å². The van der Waals surface area contributed by atoms with Gasteiger partial charge in [0.15, 0.2) is 0 Å². The van der Waals surface area contributed by atoms with Crippen LogP contribution in [0.3, 0.4) is 0 Å². The molecule has 0 atom stereocenters. The van der Waals surface area contributed by atoms with Crippen LogP contribution in [0.5, 0.6) is 0 Å². The summed E-state index contributed by atoms with van der Waals surface area (Å²) in [6.45, 7) is 0. The van der Waals surface area contributed by atoms with Gasteiger partial charge in [-0.2, -0.15) is 0 Å². The third-order valence-corrected chi connectivity index (χ3v) is 11.0. The van der Waals surface area contributed by atoms with Gasteiger partial charge in [-0.1, -0.05) is 182 Å². The molecule has 0 saturated carbocycles. The molecule has 6 aromatic carbocycles. The third kappa shape index (κ3) is 8.56. The topological polar surface area (TPSA) is 0 Å². The molecule has 0 nitrogen and oxygen atoms in total. The van der Waals surface area contributed by atoms with E-state index in [2.05, 4.69) is 182 Å². The fourth-order valence-corrected chi connectivity index (χ4v) is 8.97. The van der Waals surface area contributed by atoms with Crippen molar-refractivity contribution in [3.63, 3.8) is 0 Å². The summed E-state index contributed by atoms with van der Waals surface area (Å²) >= 11 is 0. The molecule has 0 unspecified atom stereocenters. The van der Waals surface area contributed by atoms with Crippen LogP contribution in [-0.2, 0) is 20.4 Å². The van der Waals surface area contributed by atoms with Crippen molar-refractivity contribution in [2.24, 2.45) is 0 Å². The van der Waals surface area contributed by atoms with Crippen LogP contribution < -0.4 is 44.2 Å². The van der Waals surface area contributed by atoms with E-state index < -0.39 is 15.8 Å². The predicted octanol–water partition coefficient (Wildman–Crippen LogP) is 3.89. The maximum absolute atomic E-state index is 2.23. The first-order valence-electron chi connectivity index (χ1n) is 12.8. The molecule has 0 aliphatic heterocycles. The van der Waals surface area contributed by atoms with Crippen molar-refractivity contribution in [1.29, 1.82) is 0 Å². The zero-order valence-corrected chi connectivity index (χ0v) is 26.0. The summed E-state index contributed by atoms with van der Waals surface area (Å²) in [4.78, 5) is 0. The standard InChI is InChI=1S/2C18H15P.ClH.Pd/c2*1-4-10-16(11-5-1)19(17-12-6-2-7-13-17)18-14-8-3-9-15-18;;/h2*1-15H;1H;/q;;;+2/p-1. The van der Waals surface area contributed by atoms with Crippen LogP contribution in [0.25, 0.3) is 0 Å². The van der Waals surface area contributed by atoms with Gasteiger partial charge in [0.25, 0.3) is 0 Å². The summed E-state index contributed by atoms with van der Waals surface area (Å²) < 4.78 is 0. The molecule has 0 spiro atoms. The smallest absolute Gasteiger partial charge is 1.00 e. The van der Waals surface area contributed by atoms with Gasteiger partial charge in [0.2, 0.25) is 0 Å². The van der Waals surface area contributed by atoms with E-state index in [0.29, 0.717) is 0 Å². The number of benzene rings is 6. The fraction of sp³-hybridized carbons (Fsp3) is 0. The van der Waals surface area contributed by atoms with Crippen LogP contribution in [-0.4, -0.2) is 0 Å². The molecule has 6 aromatic rings. The molecular formula is C36H30ClP2Pd+. The normalized spacial score (nSPS) is 10.1. The van der Waals surface area contributed by atoms with Crippen LogP contribution in [0.2, 0.25) is 0 Å². The Hall–Kier alpha value is -2.87. The molecule has 4 heteroatoms. The van der Waals surface area contributed by atoms with E-state index in [1.165, 1.54) is 31.8 Å². The second-order valence-electron chi connectivity index (χ2n) is 8.68. The number of hydrogen-bond acceptors (Lipinski definition) is 0. The van der Waals surface area contributed by atoms with Gasteiger partial charge in [0.1, 0.15) is 0 Å². The minimum absolute atomic E-state index is 0. The molecule has 0 amide bonds. The summed E-state index contributed by atoms with van der Waals surface area (Å²) in [5.74, 6) is 0. The number of halogens is 1. The largest absolute Gasteiger partial charge is 2.00 e. The van der Waals surface area contributed by atoms with E-state index in [0.717, 1.165) is 0 Å². The second kappa shape index (κ2) is 17.1. The van der Waals surface area contributed by atoms with Gasteiger partial charge in [-0.15, -0.1) is 0 Å². The molecule has 0 aliphatic rings. The first-order valence-corrected chi connectivity index (χ1v) is 15.5. The Kier molecular flexibility index (Phi) is 13.5. The molecule has 0 radical (unpaired) electrons. The monoisotopic (exact) mass is 665 g/mol. The van der Waals surface area contributed by atoms with Gasteiger partial charge < -0.3 is 12.4 Å². The first kappa shape index (κ1) is 31.7. The Bertz CT molecular complexity index is 1180. The summed E-state index contributed by atoms with van der Waals surface area (Å²) in [6, 6.07) is 64.7. The Morgan fingerprint density at radius 1 is 0.225 bits per heavy atom. The Morgan fingerprint density at radius 2 is 0.350 bits per heavy atom. The maximum Gasteiger partial charge on any atom is 2.00 e. The quantitative estimate of drug-likeness (QED) is 0.187. The molecule has 6 rings (SSSR count). The summed E-state index contributed by atoms with van der Waals surface area (Å²) in [5, 5.41) is 8.39. The van der Waals surface area contributed by atoms with Crippen LogP contribution in [0.1, 0.15) is 0 Å². The van der Waals surface area contributed by atoms with Gasteiger partial charge >= 0.3 is 20.4 Å². The van der Waals surface area contributed by atoms with Crippen molar-refractivity contribution in [2.75, 3.05) is 0 Å². The fourth-order valence-electron chi connectivity index (χ4n) is 4.36.